The van der Waals surface area contributed by atoms with E-state index >= 15 is 0 Å². The number of benzene rings is 1. The van der Waals surface area contributed by atoms with Crippen molar-refractivity contribution in [1.29, 1.82) is 0 Å². The van der Waals surface area contributed by atoms with Gasteiger partial charge in [-0.05, 0) is 38.1 Å². The third-order valence-corrected chi connectivity index (χ3v) is 2.53. The fourth-order valence-electron chi connectivity index (χ4n) is 1.60. The van der Waals surface area contributed by atoms with Crippen molar-refractivity contribution < 1.29 is 9.90 Å². The summed E-state index contributed by atoms with van der Waals surface area (Å²) in [7, 11) is 1.89. The third-order valence-electron chi connectivity index (χ3n) is 2.53. The lowest BCUT2D eigenvalue weighted by molar-refractivity contribution is 0.0950. The van der Waals surface area contributed by atoms with Crippen LogP contribution in [0.15, 0.2) is 24.3 Å². The molecule has 0 aliphatic carbocycles. The molecule has 0 saturated heterocycles. The maximum absolute atomic E-state index is 11.9. The van der Waals surface area contributed by atoms with Crippen LogP contribution < -0.4 is 10.6 Å². The van der Waals surface area contributed by atoms with E-state index in [-0.39, 0.29) is 12.5 Å². The standard InChI is InChI=1S/C13H20N2O2/c1-14-9-7-11-5-2-3-6-12(11)13(17)15-8-4-10-16/h2-3,5-6,14,16H,4,7-10H2,1H3,(H,15,17). The third kappa shape index (κ3) is 4.54. The predicted molar refractivity (Wildman–Crippen MR) is 68.1 cm³/mol. The Morgan fingerprint density at radius 1 is 1.29 bits per heavy atom. The Bertz CT molecular complexity index is 353. The molecule has 0 heterocycles. The number of hydrogen-bond donors (Lipinski definition) is 3. The summed E-state index contributed by atoms with van der Waals surface area (Å²) in [5, 5.41) is 14.5. The van der Waals surface area contributed by atoms with E-state index in [1.54, 1.807) is 0 Å². The molecule has 0 atom stereocenters. The molecule has 0 unspecified atom stereocenters. The molecule has 0 aliphatic heterocycles. The van der Waals surface area contributed by atoms with Gasteiger partial charge in [-0.3, -0.25) is 4.79 Å². The van der Waals surface area contributed by atoms with Crippen molar-refractivity contribution in [2.24, 2.45) is 0 Å². The van der Waals surface area contributed by atoms with Gasteiger partial charge in [-0.1, -0.05) is 18.2 Å². The lowest BCUT2D eigenvalue weighted by atomic mass is 10.0. The Hall–Kier alpha value is -1.39. The van der Waals surface area contributed by atoms with Crippen LogP contribution in [-0.2, 0) is 6.42 Å². The van der Waals surface area contributed by atoms with Crippen LogP contribution in [0.4, 0.5) is 0 Å². The Morgan fingerprint density at radius 2 is 2.06 bits per heavy atom. The molecule has 17 heavy (non-hydrogen) atoms. The van der Waals surface area contributed by atoms with Crippen LogP contribution in [0.3, 0.4) is 0 Å². The molecule has 4 heteroatoms. The zero-order valence-corrected chi connectivity index (χ0v) is 10.2. The molecule has 0 radical (unpaired) electrons. The minimum absolute atomic E-state index is 0.0647. The molecule has 0 saturated carbocycles. The molecule has 1 rings (SSSR count). The lowest BCUT2D eigenvalue weighted by Gasteiger charge is -2.09. The molecule has 0 bridgehead atoms. The number of rotatable bonds is 7. The topological polar surface area (TPSA) is 61.4 Å². The minimum atomic E-state index is -0.0647. The van der Waals surface area contributed by atoms with Gasteiger partial charge in [0.25, 0.3) is 5.91 Å². The minimum Gasteiger partial charge on any atom is -0.396 e. The van der Waals surface area contributed by atoms with E-state index in [0.717, 1.165) is 24.1 Å². The second-order valence-electron chi connectivity index (χ2n) is 3.84. The largest absolute Gasteiger partial charge is 0.396 e. The predicted octanol–water partition coefficient (Wildman–Crippen LogP) is 0.561. The first-order chi connectivity index (χ1) is 8.29. The average molecular weight is 236 g/mol. The maximum atomic E-state index is 11.9. The number of carbonyl (C=O) groups is 1. The first kappa shape index (κ1) is 13.7. The molecule has 1 aromatic rings. The molecular weight excluding hydrogens is 216 g/mol. The van der Waals surface area contributed by atoms with Gasteiger partial charge in [0.05, 0.1) is 0 Å². The summed E-state index contributed by atoms with van der Waals surface area (Å²) in [6.07, 6.45) is 1.42. The monoisotopic (exact) mass is 236 g/mol. The van der Waals surface area contributed by atoms with E-state index in [0.29, 0.717) is 13.0 Å². The van der Waals surface area contributed by atoms with Gasteiger partial charge in [0, 0.05) is 18.7 Å². The molecule has 0 aromatic heterocycles. The first-order valence-corrected chi connectivity index (χ1v) is 5.91. The van der Waals surface area contributed by atoms with Gasteiger partial charge < -0.3 is 15.7 Å². The van der Waals surface area contributed by atoms with Crippen molar-refractivity contribution in [2.45, 2.75) is 12.8 Å². The highest BCUT2D eigenvalue weighted by atomic mass is 16.3. The van der Waals surface area contributed by atoms with Gasteiger partial charge in [0.15, 0.2) is 0 Å². The molecule has 1 amide bonds. The van der Waals surface area contributed by atoms with Gasteiger partial charge in [-0.25, -0.2) is 0 Å². The normalized spacial score (nSPS) is 10.2. The number of likely N-dealkylation sites (N-methyl/N-ethyl adjacent to an activating group) is 1. The molecule has 94 valence electrons. The van der Waals surface area contributed by atoms with Gasteiger partial charge in [-0.2, -0.15) is 0 Å². The summed E-state index contributed by atoms with van der Waals surface area (Å²) in [5.74, 6) is -0.0647. The number of hydrogen-bond acceptors (Lipinski definition) is 3. The second-order valence-corrected chi connectivity index (χ2v) is 3.84. The average Bonchev–Trinajstić information content (AvgIpc) is 2.37. The van der Waals surface area contributed by atoms with Crippen LogP contribution in [0, 0.1) is 0 Å². The zero-order valence-electron chi connectivity index (χ0n) is 10.2. The summed E-state index contributed by atoms with van der Waals surface area (Å²) in [5.41, 5.74) is 1.77. The summed E-state index contributed by atoms with van der Waals surface area (Å²) in [6, 6.07) is 7.61. The maximum Gasteiger partial charge on any atom is 0.251 e. The molecule has 1 aromatic carbocycles. The van der Waals surface area contributed by atoms with Crippen molar-refractivity contribution in [3.05, 3.63) is 35.4 Å². The molecule has 0 fully saturated rings. The SMILES string of the molecule is CNCCc1ccccc1C(=O)NCCCO. The molecule has 0 spiro atoms. The number of carbonyl (C=O) groups excluding carboxylic acids is 1. The highest BCUT2D eigenvalue weighted by Gasteiger charge is 2.09. The Morgan fingerprint density at radius 3 is 2.76 bits per heavy atom. The second kappa shape index (κ2) is 7.81. The lowest BCUT2D eigenvalue weighted by Crippen LogP contribution is -2.26. The zero-order chi connectivity index (χ0) is 12.5. The quantitative estimate of drug-likeness (QED) is 0.606. The fraction of sp³-hybridized carbons (Fsp3) is 0.462. The highest BCUT2D eigenvalue weighted by molar-refractivity contribution is 5.95. The number of aliphatic hydroxyl groups is 1. The van der Waals surface area contributed by atoms with Gasteiger partial charge in [-0.15, -0.1) is 0 Å². The molecule has 4 nitrogen and oxygen atoms in total. The van der Waals surface area contributed by atoms with Crippen LogP contribution >= 0.6 is 0 Å². The molecular formula is C13H20N2O2. The molecule has 0 aliphatic rings. The Balaban J connectivity index is 2.64. The van der Waals surface area contributed by atoms with E-state index in [1.807, 2.05) is 31.3 Å². The van der Waals surface area contributed by atoms with Crippen molar-refractivity contribution in [3.8, 4) is 0 Å². The number of aliphatic hydroxyl groups excluding tert-OH is 1. The van der Waals surface area contributed by atoms with Crippen molar-refractivity contribution in [3.63, 3.8) is 0 Å². The van der Waals surface area contributed by atoms with Crippen molar-refractivity contribution in [1.82, 2.24) is 10.6 Å². The van der Waals surface area contributed by atoms with Crippen LogP contribution in [0.5, 0.6) is 0 Å². The van der Waals surface area contributed by atoms with Gasteiger partial charge in [0.1, 0.15) is 0 Å². The van der Waals surface area contributed by atoms with Crippen LogP contribution in [-0.4, -0.2) is 37.8 Å². The summed E-state index contributed by atoms with van der Waals surface area (Å²) in [6.45, 7) is 1.46. The summed E-state index contributed by atoms with van der Waals surface area (Å²) in [4.78, 5) is 11.9. The van der Waals surface area contributed by atoms with E-state index in [9.17, 15) is 4.79 Å². The number of nitrogens with one attached hydrogen (secondary N) is 2. The van der Waals surface area contributed by atoms with Crippen LogP contribution in [0.2, 0.25) is 0 Å². The van der Waals surface area contributed by atoms with E-state index in [1.165, 1.54) is 0 Å². The summed E-state index contributed by atoms with van der Waals surface area (Å²) < 4.78 is 0. The first-order valence-electron chi connectivity index (χ1n) is 5.91. The smallest absolute Gasteiger partial charge is 0.251 e. The summed E-state index contributed by atoms with van der Waals surface area (Å²) >= 11 is 0. The fourth-order valence-corrected chi connectivity index (χ4v) is 1.60. The Labute approximate surface area is 102 Å². The van der Waals surface area contributed by atoms with Gasteiger partial charge >= 0.3 is 0 Å². The van der Waals surface area contributed by atoms with Crippen molar-refractivity contribution in [2.75, 3.05) is 26.7 Å². The van der Waals surface area contributed by atoms with E-state index < -0.39 is 0 Å². The van der Waals surface area contributed by atoms with Crippen molar-refractivity contribution >= 4 is 5.91 Å². The van der Waals surface area contributed by atoms with E-state index in [4.69, 9.17) is 5.11 Å². The van der Waals surface area contributed by atoms with Crippen LogP contribution in [0.1, 0.15) is 22.3 Å². The molecule has 3 N–H and O–H groups in total. The van der Waals surface area contributed by atoms with Gasteiger partial charge in [0.2, 0.25) is 0 Å². The number of amides is 1. The van der Waals surface area contributed by atoms with E-state index in [2.05, 4.69) is 10.6 Å². The Kier molecular flexibility index (Phi) is 6.29. The highest BCUT2D eigenvalue weighted by Crippen LogP contribution is 2.09. The van der Waals surface area contributed by atoms with Crippen LogP contribution in [0.25, 0.3) is 0 Å².